The lowest BCUT2D eigenvalue weighted by Gasteiger charge is -2.19. The second-order valence-electron chi connectivity index (χ2n) is 5.33. The fourth-order valence-corrected chi connectivity index (χ4v) is 1.63. The minimum Gasteiger partial charge on any atom is -0.370 e. The summed E-state index contributed by atoms with van der Waals surface area (Å²) >= 11 is 0. The molecule has 2 aromatic rings. The van der Waals surface area contributed by atoms with Crippen molar-refractivity contribution in [2.75, 3.05) is 11.9 Å². The molecule has 5 nitrogen and oxygen atoms in total. The van der Waals surface area contributed by atoms with Gasteiger partial charge in [-0.05, 0) is 6.92 Å². The predicted octanol–water partition coefficient (Wildman–Crippen LogP) is 2.66. The molecule has 100 valence electrons. The number of aromatic nitrogens is 4. The van der Waals surface area contributed by atoms with E-state index in [1.165, 1.54) is 0 Å². The largest absolute Gasteiger partial charge is 0.370 e. The third-order valence-electron chi connectivity index (χ3n) is 2.64. The molecule has 2 rings (SSSR count). The molecule has 5 heteroatoms. The van der Waals surface area contributed by atoms with Crippen molar-refractivity contribution in [3.8, 4) is 11.5 Å². The summed E-state index contributed by atoms with van der Waals surface area (Å²) < 4.78 is 0. The van der Waals surface area contributed by atoms with Gasteiger partial charge in [0.1, 0.15) is 11.5 Å². The average Bonchev–Trinajstić information content (AvgIpc) is 2.39. The van der Waals surface area contributed by atoms with Gasteiger partial charge in [0.05, 0.1) is 11.9 Å². The summed E-state index contributed by atoms with van der Waals surface area (Å²) in [6, 6.07) is 1.99. The zero-order valence-corrected chi connectivity index (χ0v) is 11.8. The Morgan fingerprint density at radius 2 is 1.95 bits per heavy atom. The number of anilines is 1. The van der Waals surface area contributed by atoms with Crippen LogP contribution < -0.4 is 5.32 Å². The third kappa shape index (κ3) is 3.24. The molecule has 0 atom stereocenters. The van der Waals surface area contributed by atoms with Gasteiger partial charge >= 0.3 is 0 Å². The van der Waals surface area contributed by atoms with Crippen molar-refractivity contribution in [1.29, 1.82) is 0 Å². The monoisotopic (exact) mass is 257 g/mol. The lowest BCUT2D eigenvalue weighted by molar-refractivity contribution is 0.568. The first-order valence-corrected chi connectivity index (χ1v) is 6.40. The highest BCUT2D eigenvalue weighted by Gasteiger charge is 2.18. The van der Waals surface area contributed by atoms with Crippen molar-refractivity contribution in [2.45, 2.75) is 33.1 Å². The van der Waals surface area contributed by atoms with Crippen LogP contribution in [-0.2, 0) is 5.41 Å². The van der Waals surface area contributed by atoms with Crippen LogP contribution in [0.5, 0.6) is 0 Å². The third-order valence-corrected chi connectivity index (χ3v) is 2.64. The van der Waals surface area contributed by atoms with Crippen molar-refractivity contribution in [2.24, 2.45) is 0 Å². The normalized spacial score (nSPS) is 11.4. The second-order valence-corrected chi connectivity index (χ2v) is 5.33. The lowest BCUT2D eigenvalue weighted by Crippen LogP contribution is -2.16. The topological polar surface area (TPSA) is 63.6 Å². The van der Waals surface area contributed by atoms with E-state index >= 15 is 0 Å². The van der Waals surface area contributed by atoms with Crippen LogP contribution in [-0.4, -0.2) is 26.5 Å². The molecule has 2 heterocycles. The van der Waals surface area contributed by atoms with E-state index < -0.39 is 0 Å². The van der Waals surface area contributed by atoms with E-state index in [0.29, 0.717) is 11.5 Å². The second kappa shape index (κ2) is 5.30. The zero-order chi connectivity index (χ0) is 13.9. The highest BCUT2D eigenvalue weighted by molar-refractivity contribution is 5.52. The molecule has 0 saturated carbocycles. The SMILES string of the molecule is CCNc1cc(C(C)(C)C)nc(-c2cnccn2)n1. The molecule has 0 spiro atoms. The van der Waals surface area contributed by atoms with Crippen LogP contribution in [0.2, 0.25) is 0 Å². The summed E-state index contributed by atoms with van der Waals surface area (Å²) in [6.07, 6.45) is 4.97. The Morgan fingerprint density at radius 1 is 1.16 bits per heavy atom. The van der Waals surface area contributed by atoms with Gasteiger partial charge in [0.2, 0.25) is 0 Å². The van der Waals surface area contributed by atoms with Gasteiger partial charge in [0.25, 0.3) is 0 Å². The van der Waals surface area contributed by atoms with Gasteiger partial charge in [-0.25, -0.2) is 15.0 Å². The van der Waals surface area contributed by atoms with E-state index in [2.05, 4.69) is 46.0 Å². The first-order chi connectivity index (χ1) is 9.00. The van der Waals surface area contributed by atoms with Gasteiger partial charge in [0, 0.05) is 30.4 Å². The molecule has 0 saturated heterocycles. The Hall–Kier alpha value is -2.04. The van der Waals surface area contributed by atoms with Crippen LogP contribution in [0.3, 0.4) is 0 Å². The highest BCUT2D eigenvalue weighted by Crippen LogP contribution is 2.24. The molecule has 2 aromatic heterocycles. The van der Waals surface area contributed by atoms with Gasteiger partial charge in [-0.1, -0.05) is 20.8 Å². The molecule has 0 fully saturated rings. The number of hydrogen-bond acceptors (Lipinski definition) is 5. The van der Waals surface area contributed by atoms with Crippen LogP contribution in [0.1, 0.15) is 33.4 Å². The summed E-state index contributed by atoms with van der Waals surface area (Å²) in [5.41, 5.74) is 1.64. The maximum atomic E-state index is 4.60. The van der Waals surface area contributed by atoms with Crippen LogP contribution >= 0.6 is 0 Å². The Bertz CT molecular complexity index is 546. The average molecular weight is 257 g/mol. The van der Waals surface area contributed by atoms with Crippen molar-refractivity contribution >= 4 is 5.82 Å². The summed E-state index contributed by atoms with van der Waals surface area (Å²) in [5.74, 6) is 1.43. The molecule has 19 heavy (non-hydrogen) atoms. The van der Waals surface area contributed by atoms with E-state index in [4.69, 9.17) is 0 Å². The van der Waals surface area contributed by atoms with Crippen molar-refractivity contribution in [3.05, 3.63) is 30.4 Å². The maximum absolute atomic E-state index is 4.60. The van der Waals surface area contributed by atoms with Crippen LogP contribution in [0.15, 0.2) is 24.7 Å². The van der Waals surface area contributed by atoms with Gasteiger partial charge in [-0.3, -0.25) is 4.98 Å². The number of nitrogens with zero attached hydrogens (tertiary/aromatic N) is 4. The molecular weight excluding hydrogens is 238 g/mol. The van der Waals surface area contributed by atoms with E-state index in [9.17, 15) is 0 Å². The minimum atomic E-state index is -0.0376. The lowest BCUT2D eigenvalue weighted by atomic mass is 9.92. The quantitative estimate of drug-likeness (QED) is 0.915. The molecule has 0 amide bonds. The van der Waals surface area contributed by atoms with Gasteiger partial charge in [-0.2, -0.15) is 0 Å². The summed E-state index contributed by atoms with van der Waals surface area (Å²) in [4.78, 5) is 17.4. The molecule has 0 bridgehead atoms. The molecule has 1 N–H and O–H groups in total. The van der Waals surface area contributed by atoms with E-state index in [0.717, 1.165) is 18.1 Å². The molecule has 0 aliphatic heterocycles. The Morgan fingerprint density at radius 3 is 2.53 bits per heavy atom. The van der Waals surface area contributed by atoms with Crippen molar-refractivity contribution in [3.63, 3.8) is 0 Å². The van der Waals surface area contributed by atoms with Gasteiger partial charge < -0.3 is 5.32 Å². The molecule has 0 aromatic carbocycles. The highest BCUT2D eigenvalue weighted by atomic mass is 15.0. The first-order valence-electron chi connectivity index (χ1n) is 6.40. The fraction of sp³-hybridized carbons (Fsp3) is 0.429. The predicted molar refractivity (Wildman–Crippen MR) is 75.9 cm³/mol. The number of rotatable bonds is 3. The van der Waals surface area contributed by atoms with Crippen LogP contribution in [0.25, 0.3) is 11.5 Å². The molecule has 0 aliphatic rings. The molecule has 0 aliphatic carbocycles. The molecule has 0 unspecified atom stereocenters. The van der Waals surface area contributed by atoms with Crippen LogP contribution in [0, 0.1) is 0 Å². The van der Waals surface area contributed by atoms with E-state index in [-0.39, 0.29) is 5.41 Å². The zero-order valence-electron chi connectivity index (χ0n) is 11.8. The van der Waals surface area contributed by atoms with Gasteiger partial charge in [-0.15, -0.1) is 0 Å². The Kier molecular flexibility index (Phi) is 3.74. The van der Waals surface area contributed by atoms with Crippen molar-refractivity contribution in [1.82, 2.24) is 19.9 Å². The molecular formula is C14H19N5. The number of hydrogen-bond donors (Lipinski definition) is 1. The van der Waals surface area contributed by atoms with Crippen LogP contribution in [0.4, 0.5) is 5.82 Å². The fourth-order valence-electron chi connectivity index (χ4n) is 1.63. The van der Waals surface area contributed by atoms with Crippen molar-refractivity contribution < 1.29 is 0 Å². The summed E-state index contributed by atoms with van der Waals surface area (Å²) in [6.45, 7) is 9.25. The van der Waals surface area contributed by atoms with Gasteiger partial charge in [0.15, 0.2) is 5.82 Å². The maximum Gasteiger partial charge on any atom is 0.182 e. The first kappa shape index (κ1) is 13.4. The smallest absolute Gasteiger partial charge is 0.182 e. The van der Waals surface area contributed by atoms with E-state index in [1.54, 1.807) is 18.6 Å². The summed E-state index contributed by atoms with van der Waals surface area (Å²) in [7, 11) is 0. The molecule has 0 radical (unpaired) electrons. The Balaban J connectivity index is 2.52. The minimum absolute atomic E-state index is 0.0376. The number of nitrogens with one attached hydrogen (secondary N) is 1. The Labute approximate surface area is 113 Å². The standard InChI is InChI=1S/C14H19N5/c1-5-16-12-8-11(14(2,3)4)18-13(19-12)10-9-15-6-7-17-10/h6-9H,5H2,1-4H3,(H,16,18,19). The summed E-state index contributed by atoms with van der Waals surface area (Å²) in [5, 5.41) is 3.23. The van der Waals surface area contributed by atoms with E-state index in [1.807, 2.05) is 13.0 Å².